The lowest BCUT2D eigenvalue weighted by Gasteiger charge is -2.26. The third-order valence-electron chi connectivity index (χ3n) is 5.64. The summed E-state index contributed by atoms with van der Waals surface area (Å²) in [6.45, 7) is 0.175. The fourth-order valence-electron chi connectivity index (χ4n) is 3.81. The van der Waals surface area contributed by atoms with Crippen molar-refractivity contribution < 1.29 is 18.0 Å². The van der Waals surface area contributed by atoms with Crippen molar-refractivity contribution in [1.29, 1.82) is 0 Å². The van der Waals surface area contributed by atoms with E-state index in [1.807, 2.05) is 30.3 Å². The number of sulfone groups is 1. The molecule has 1 aliphatic heterocycles. The minimum absolute atomic E-state index is 0.0877. The van der Waals surface area contributed by atoms with Crippen molar-refractivity contribution in [1.82, 2.24) is 29.3 Å². The van der Waals surface area contributed by atoms with Gasteiger partial charge in [-0.3, -0.25) is 14.3 Å². The minimum atomic E-state index is -3.13. The first-order valence-electron chi connectivity index (χ1n) is 10.6. The number of carbonyl (C=O) groups excluding carboxylic acids is 2. The fourth-order valence-corrected chi connectivity index (χ4v) is 5.01. The summed E-state index contributed by atoms with van der Waals surface area (Å²) in [4.78, 5) is 32.0. The number of hydrogen-bond acceptors (Lipinski definition) is 7. The van der Waals surface area contributed by atoms with Gasteiger partial charge in [-0.1, -0.05) is 30.3 Å². The lowest BCUT2D eigenvalue weighted by molar-refractivity contribution is 0.0765. The number of aromatic nitrogens is 5. The standard InChI is InChI=1S/C22H21N7O4S/c1-27-19(17(14-23-27)22(31)28-9-11-34(32,33)12-10-28)21(30)24-16-7-8-29-18(13-16)25-20(26-29)15-5-3-2-4-6-15/h2-8,13-14H,9-12H2,1H3,(H,24,30). The zero-order valence-corrected chi connectivity index (χ0v) is 19.1. The molecular formula is C22H21N7O4S. The molecule has 3 aromatic heterocycles. The van der Waals surface area contributed by atoms with Crippen LogP contribution in [0.1, 0.15) is 20.8 Å². The molecular weight excluding hydrogens is 458 g/mol. The lowest BCUT2D eigenvalue weighted by atomic mass is 10.2. The maximum absolute atomic E-state index is 13.1. The Balaban J connectivity index is 1.37. The third-order valence-corrected chi connectivity index (χ3v) is 7.25. The topological polar surface area (TPSA) is 132 Å². The first-order chi connectivity index (χ1) is 16.3. The van der Waals surface area contributed by atoms with Crippen molar-refractivity contribution in [3.05, 3.63) is 66.1 Å². The van der Waals surface area contributed by atoms with Crippen LogP contribution < -0.4 is 5.32 Å². The van der Waals surface area contributed by atoms with Crippen LogP contribution in [0.4, 0.5) is 5.69 Å². The molecule has 4 aromatic rings. The van der Waals surface area contributed by atoms with Crippen LogP contribution in [0.3, 0.4) is 0 Å². The van der Waals surface area contributed by atoms with Gasteiger partial charge in [0.1, 0.15) is 5.69 Å². The summed E-state index contributed by atoms with van der Waals surface area (Å²) in [7, 11) is -1.56. The van der Waals surface area contributed by atoms with Crippen molar-refractivity contribution in [2.45, 2.75) is 0 Å². The molecule has 12 heteroatoms. The molecule has 0 atom stereocenters. The number of nitrogens with one attached hydrogen (secondary N) is 1. The molecule has 4 heterocycles. The SMILES string of the molecule is Cn1ncc(C(=O)N2CCS(=O)(=O)CC2)c1C(=O)Nc1ccn2nc(-c3ccccc3)nc2c1. The number of hydrogen-bond donors (Lipinski definition) is 1. The number of aryl methyl sites for hydroxylation is 1. The van der Waals surface area contributed by atoms with Gasteiger partial charge in [-0.05, 0) is 6.07 Å². The number of rotatable bonds is 4. The number of anilines is 1. The smallest absolute Gasteiger partial charge is 0.274 e. The summed E-state index contributed by atoms with van der Waals surface area (Å²) in [5.41, 5.74) is 2.11. The first-order valence-corrected chi connectivity index (χ1v) is 12.4. The van der Waals surface area contributed by atoms with E-state index in [1.165, 1.54) is 15.8 Å². The summed E-state index contributed by atoms with van der Waals surface area (Å²) >= 11 is 0. The molecule has 2 amide bonds. The van der Waals surface area contributed by atoms with E-state index >= 15 is 0 Å². The van der Waals surface area contributed by atoms with E-state index in [4.69, 9.17) is 0 Å². The molecule has 1 fully saturated rings. The normalized spacial score (nSPS) is 15.4. The number of pyridine rings is 1. The molecule has 34 heavy (non-hydrogen) atoms. The van der Waals surface area contributed by atoms with E-state index < -0.39 is 21.7 Å². The first kappa shape index (κ1) is 21.8. The van der Waals surface area contributed by atoms with Crippen LogP contribution >= 0.6 is 0 Å². The summed E-state index contributed by atoms with van der Waals surface area (Å²) in [6.07, 6.45) is 3.02. The highest BCUT2D eigenvalue weighted by Gasteiger charge is 2.30. The summed E-state index contributed by atoms with van der Waals surface area (Å²) in [6, 6.07) is 12.9. The van der Waals surface area contributed by atoms with Crippen molar-refractivity contribution in [2.75, 3.05) is 29.9 Å². The van der Waals surface area contributed by atoms with E-state index in [1.54, 1.807) is 29.9 Å². The van der Waals surface area contributed by atoms with Gasteiger partial charge in [0, 0.05) is 43.7 Å². The van der Waals surface area contributed by atoms with Crippen molar-refractivity contribution in [3.8, 4) is 11.4 Å². The Morgan fingerprint density at radius 1 is 1.06 bits per heavy atom. The molecule has 5 rings (SSSR count). The van der Waals surface area contributed by atoms with E-state index in [0.29, 0.717) is 17.2 Å². The average Bonchev–Trinajstić information content (AvgIpc) is 3.42. The van der Waals surface area contributed by atoms with Gasteiger partial charge in [0.25, 0.3) is 11.8 Å². The van der Waals surface area contributed by atoms with Crippen molar-refractivity contribution in [3.63, 3.8) is 0 Å². The summed E-state index contributed by atoms with van der Waals surface area (Å²) in [5, 5.41) is 11.3. The van der Waals surface area contributed by atoms with Crippen LogP contribution in [0, 0.1) is 0 Å². The van der Waals surface area contributed by atoms with Gasteiger partial charge < -0.3 is 10.2 Å². The maximum atomic E-state index is 13.1. The number of fused-ring (bicyclic) bond motifs is 1. The monoisotopic (exact) mass is 479 g/mol. The van der Waals surface area contributed by atoms with Gasteiger partial charge in [0.05, 0.1) is 23.3 Å². The molecule has 0 spiro atoms. The highest BCUT2D eigenvalue weighted by Crippen LogP contribution is 2.19. The molecule has 11 nitrogen and oxygen atoms in total. The van der Waals surface area contributed by atoms with Crippen LogP contribution in [0.2, 0.25) is 0 Å². The minimum Gasteiger partial charge on any atom is -0.336 e. The van der Waals surface area contributed by atoms with Crippen molar-refractivity contribution in [2.24, 2.45) is 7.05 Å². The van der Waals surface area contributed by atoms with Crippen molar-refractivity contribution >= 4 is 33.0 Å². The van der Waals surface area contributed by atoms with Crippen LogP contribution in [0.5, 0.6) is 0 Å². The summed E-state index contributed by atoms with van der Waals surface area (Å²) < 4.78 is 26.3. The van der Waals surface area contributed by atoms with Crippen LogP contribution in [-0.2, 0) is 16.9 Å². The number of nitrogens with zero attached hydrogens (tertiary/aromatic N) is 6. The predicted octanol–water partition coefficient (Wildman–Crippen LogP) is 1.25. The van der Waals surface area contributed by atoms with Gasteiger partial charge in [-0.2, -0.15) is 5.10 Å². The maximum Gasteiger partial charge on any atom is 0.274 e. The van der Waals surface area contributed by atoms with Crippen LogP contribution in [0.25, 0.3) is 17.0 Å². The Bertz CT molecular complexity index is 1490. The molecule has 1 aromatic carbocycles. The molecule has 1 N–H and O–H groups in total. The quantitative estimate of drug-likeness (QED) is 0.466. The Morgan fingerprint density at radius 2 is 1.79 bits per heavy atom. The molecule has 1 aliphatic rings. The second kappa shape index (κ2) is 8.37. The van der Waals surface area contributed by atoms with Gasteiger partial charge in [0.2, 0.25) is 0 Å². The summed E-state index contributed by atoms with van der Waals surface area (Å²) in [5.74, 6) is -0.561. The lowest BCUT2D eigenvalue weighted by Crippen LogP contribution is -2.44. The molecule has 0 bridgehead atoms. The molecule has 0 aliphatic carbocycles. The molecule has 1 saturated heterocycles. The van der Waals surface area contributed by atoms with Gasteiger partial charge in [0.15, 0.2) is 21.3 Å². The Kier molecular flexibility index (Phi) is 5.36. The molecule has 0 unspecified atom stereocenters. The third kappa shape index (κ3) is 4.15. The Labute approximate surface area is 194 Å². The molecule has 174 valence electrons. The Hall–Kier alpha value is -4.06. The van der Waals surface area contributed by atoms with Gasteiger partial charge >= 0.3 is 0 Å². The van der Waals surface area contributed by atoms with Gasteiger partial charge in [-0.25, -0.2) is 17.9 Å². The largest absolute Gasteiger partial charge is 0.336 e. The van der Waals surface area contributed by atoms with E-state index in [2.05, 4.69) is 20.5 Å². The average molecular weight is 480 g/mol. The second-order valence-corrected chi connectivity index (χ2v) is 10.3. The highest BCUT2D eigenvalue weighted by atomic mass is 32.2. The number of carbonyl (C=O) groups is 2. The molecule has 0 radical (unpaired) electrons. The van der Waals surface area contributed by atoms with Crippen LogP contribution in [0.15, 0.2) is 54.9 Å². The predicted molar refractivity (Wildman–Crippen MR) is 124 cm³/mol. The highest BCUT2D eigenvalue weighted by molar-refractivity contribution is 7.91. The fraction of sp³-hybridized carbons (Fsp3) is 0.227. The molecule has 0 saturated carbocycles. The zero-order chi connectivity index (χ0) is 23.9. The number of benzene rings is 1. The van der Waals surface area contributed by atoms with Crippen LogP contribution in [-0.4, -0.2) is 74.1 Å². The zero-order valence-electron chi connectivity index (χ0n) is 18.2. The Morgan fingerprint density at radius 3 is 2.53 bits per heavy atom. The van der Waals surface area contributed by atoms with E-state index in [0.717, 1.165) is 5.56 Å². The van der Waals surface area contributed by atoms with E-state index in [9.17, 15) is 18.0 Å². The van der Waals surface area contributed by atoms with Gasteiger partial charge in [-0.15, -0.1) is 5.10 Å². The second-order valence-electron chi connectivity index (χ2n) is 7.95. The van der Waals surface area contributed by atoms with E-state index in [-0.39, 0.29) is 35.9 Å². The number of amides is 2.